The van der Waals surface area contributed by atoms with Gasteiger partial charge in [-0.25, -0.2) is 5.48 Å². The average Bonchev–Trinajstić information content (AvgIpc) is 3.14. The van der Waals surface area contributed by atoms with Crippen molar-refractivity contribution in [1.29, 1.82) is 0 Å². The van der Waals surface area contributed by atoms with Gasteiger partial charge in [0, 0.05) is 5.92 Å². The molecule has 2 aliphatic rings. The minimum Gasteiger partial charge on any atom is -0.272 e. The van der Waals surface area contributed by atoms with Crippen LogP contribution >= 0.6 is 0 Å². The SMILES string of the molecule is O=C(NOCc1ccccc1)C1C2CCCCC21. The Balaban J connectivity index is 1.43. The molecule has 2 aliphatic carbocycles. The fraction of sp³-hybridized carbons (Fsp3) is 0.533. The number of carbonyl (C=O) groups excluding carboxylic acids is 1. The Hall–Kier alpha value is -1.35. The van der Waals surface area contributed by atoms with Crippen molar-refractivity contribution in [1.82, 2.24) is 5.48 Å². The predicted octanol–water partition coefficient (Wildman–Crippen LogP) is 2.67. The van der Waals surface area contributed by atoms with Crippen molar-refractivity contribution in [3.05, 3.63) is 35.9 Å². The molecule has 0 radical (unpaired) electrons. The molecule has 0 aromatic heterocycles. The largest absolute Gasteiger partial charge is 0.272 e. The monoisotopic (exact) mass is 245 g/mol. The number of hydrogen-bond donors (Lipinski definition) is 1. The Labute approximate surface area is 107 Å². The lowest BCUT2D eigenvalue weighted by molar-refractivity contribution is -0.136. The summed E-state index contributed by atoms with van der Waals surface area (Å²) < 4.78 is 0. The number of amides is 1. The molecule has 0 aliphatic heterocycles. The van der Waals surface area contributed by atoms with Gasteiger partial charge in [0.15, 0.2) is 0 Å². The molecular weight excluding hydrogens is 226 g/mol. The number of benzene rings is 1. The number of carbonyl (C=O) groups is 1. The highest BCUT2D eigenvalue weighted by molar-refractivity contribution is 5.81. The third-order valence-electron chi connectivity index (χ3n) is 4.21. The van der Waals surface area contributed by atoms with Crippen molar-refractivity contribution in [2.45, 2.75) is 32.3 Å². The second-order valence-corrected chi connectivity index (χ2v) is 5.38. The second kappa shape index (κ2) is 5.11. The van der Waals surface area contributed by atoms with Crippen LogP contribution in [0.3, 0.4) is 0 Å². The number of hydroxylamine groups is 1. The van der Waals surface area contributed by atoms with E-state index in [2.05, 4.69) is 5.48 Å². The van der Waals surface area contributed by atoms with Gasteiger partial charge in [-0.15, -0.1) is 0 Å². The number of hydrogen-bond acceptors (Lipinski definition) is 2. The van der Waals surface area contributed by atoms with Gasteiger partial charge < -0.3 is 0 Å². The lowest BCUT2D eigenvalue weighted by atomic mass is 10.0. The summed E-state index contributed by atoms with van der Waals surface area (Å²) in [5.74, 6) is 1.59. The lowest BCUT2D eigenvalue weighted by Crippen LogP contribution is -2.26. The summed E-state index contributed by atoms with van der Waals surface area (Å²) in [5, 5.41) is 0. The van der Waals surface area contributed by atoms with Crippen molar-refractivity contribution < 1.29 is 9.63 Å². The molecule has 2 saturated carbocycles. The van der Waals surface area contributed by atoms with E-state index in [-0.39, 0.29) is 11.8 Å². The molecule has 3 heteroatoms. The molecular formula is C15H19NO2. The Morgan fingerprint density at radius 1 is 1.17 bits per heavy atom. The fourth-order valence-electron chi connectivity index (χ4n) is 3.21. The summed E-state index contributed by atoms with van der Waals surface area (Å²) in [6, 6.07) is 9.88. The average molecular weight is 245 g/mol. The first kappa shape index (κ1) is 11.7. The Bertz CT molecular complexity index is 406. The van der Waals surface area contributed by atoms with Crippen LogP contribution in [0.2, 0.25) is 0 Å². The van der Waals surface area contributed by atoms with Crippen molar-refractivity contribution in [3.63, 3.8) is 0 Å². The number of rotatable bonds is 4. The van der Waals surface area contributed by atoms with Crippen molar-refractivity contribution in [2.75, 3.05) is 0 Å². The zero-order chi connectivity index (χ0) is 12.4. The van der Waals surface area contributed by atoms with E-state index in [1.807, 2.05) is 30.3 Å². The molecule has 2 atom stereocenters. The van der Waals surface area contributed by atoms with Crippen LogP contribution in [0, 0.1) is 17.8 Å². The van der Waals surface area contributed by atoms with Crippen LogP contribution in [0.25, 0.3) is 0 Å². The molecule has 18 heavy (non-hydrogen) atoms. The van der Waals surface area contributed by atoms with E-state index >= 15 is 0 Å². The van der Waals surface area contributed by atoms with Crippen molar-refractivity contribution in [2.24, 2.45) is 17.8 Å². The summed E-state index contributed by atoms with van der Waals surface area (Å²) in [5.41, 5.74) is 3.69. The fourth-order valence-corrected chi connectivity index (χ4v) is 3.21. The molecule has 1 aromatic rings. The van der Waals surface area contributed by atoms with Gasteiger partial charge in [0.25, 0.3) is 0 Å². The predicted molar refractivity (Wildman–Crippen MR) is 68.3 cm³/mol. The third kappa shape index (κ3) is 2.41. The molecule has 0 saturated heterocycles. The van der Waals surface area contributed by atoms with E-state index < -0.39 is 0 Å². The zero-order valence-electron chi connectivity index (χ0n) is 10.5. The summed E-state index contributed by atoms with van der Waals surface area (Å²) in [6.07, 6.45) is 5.02. The van der Waals surface area contributed by atoms with Gasteiger partial charge in [0.1, 0.15) is 0 Å². The maximum atomic E-state index is 11.9. The van der Waals surface area contributed by atoms with Crippen LogP contribution < -0.4 is 5.48 Å². The van der Waals surface area contributed by atoms with E-state index in [1.165, 1.54) is 25.7 Å². The number of nitrogens with one attached hydrogen (secondary N) is 1. The van der Waals surface area contributed by atoms with E-state index in [9.17, 15) is 4.79 Å². The van der Waals surface area contributed by atoms with Crippen LogP contribution in [0.5, 0.6) is 0 Å². The molecule has 1 amide bonds. The molecule has 1 aromatic carbocycles. The summed E-state index contributed by atoms with van der Waals surface area (Å²) in [4.78, 5) is 17.2. The topological polar surface area (TPSA) is 38.3 Å². The molecule has 3 nitrogen and oxygen atoms in total. The first-order valence-corrected chi connectivity index (χ1v) is 6.82. The van der Waals surface area contributed by atoms with E-state index in [0.717, 1.165) is 5.56 Å². The number of fused-ring (bicyclic) bond motifs is 1. The van der Waals surface area contributed by atoms with Crippen LogP contribution in [0.15, 0.2) is 30.3 Å². The molecule has 0 spiro atoms. The maximum Gasteiger partial charge on any atom is 0.247 e. The summed E-state index contributed by atoms with van der Waals surface area (Å²) in [6.45, 7) is 0.439. The molecule has 2 unspecified atom stereocenters. The zero-order valence-corrected chi connectivity index (χ0v) is 10.5. The third-order valence-corrected chi connectivity index (χ3v) is 4.21. The van der Waals surface area contributed by atoms with Crippen LogP contribution in [-0.2, 0) is 16.2 Å². The smallest absolute Gasteiger partial charge is 0.247 e. The van der Waals surface area contributed by atoms with E-state index in [0.29, 0.717) is 18.4 Å². The first-order chi connectivity index (χ1) is 8.86. The quantitative estimate of drug-likeness (QED) is 0.828. The van der Waals surface area contributed by atoms with Gasteiger partial charge >= 0.3 is 0 Å². The highest BCUT2D eigenvalue weighted by Gasteiger charge is 2.54. The maximum absolute atomic E-state index is 11.9. The molecule has 0 bridgehead atoms. The van der Waals surface area contributed by atoms with Gasteiger partial charge in [0.05, 0.1) is 6.61 Å². The summed E-state index contributed by atoms with van der Waals surface area (Å²) >= 11 is 0. The minimum absolute atomic E-state index is 0.0860. The lowest BCUT2D eigenvalue weighted by Gasteiger charge is -2.05. The molecule has 3 rings (SSSR count). The van der Waals surface area contributed by atoms with E-state index in [1.54, 1.807) is 0 Å². The Morgan fingerprint density at radius 3 is 2.50 bits per heavy atom. The Morgan fingerprint density at radius 2 is 1.83 bits per heavy atom. The molecule has 1 N–H and O–H groups in total. The molecule has 2 fully saturated rings. The van der Waals surface area contributed by atoms with Gasteiger partial charge in [-0.05, 0) is 30.2 Å². The summed E-state index contributed by atoms with van der Waals surface area (Å²) in [7, 11) is 0. The van der Waals surface area contributed by atoms with Crippen LogP contribution in [-0.4, -0.2) is 5.91 Å². The standard InChI is InChI=1S/C15H19NO2/c17-15(14-12-8-4-5-9-13(12)14)16-18-10-11-6-2-1-3-7-11/h1-3,6-7,12-14H,4-5,8-10H2,(H,16,17). The highest BCUT2D eigenvalue weighted by atomic mass is 16.6. The normalized spacial score (nSPS) is 29.4. The van der Waals surface area contributed by atoms with Gasteiger partial charge in [-0.3, -0.25) is 9.63 Å². The highest BCUT2D eigenvalue weighted by Crippen LogP contribution is 2.55. The van der Waals surface area contributed by atoms with Crippen LogP contribution in [0.1, 0.15) is 31.2 Å². The van der Waals surface area contributed by atoms with Gasteiger partial charge in [-0.2, -0.15) is 0 Å². The van der Waals surface area contributed by atoms with Gasteiger partial charge in [-0.1, -0.05) is 43.2 Å². The first-order valence-electron chi connectivity index (χ1n) is 6.82. The molecule has 0 heterocycles. The van der Waals surface area contributed by atoms with Crippen LogP contribution in [0.4, 0.5) is 0 Å². The van der Waals surface area contributed by atoms with Crippen molar-refractivity contribution in [3.8, 4) is 0 Å². The van der Waals surface area contributed by atoms with E-state index in [4.69, 9.17) is 4.84 Å². The van der Waals surface area contributed by atoms with Crippen molar-refractivity contribution >= 4 is 5.91 Å². The second-order valence-electron chi connectivity index (χ2n) is 5.38. The Kier molecular flexibility index (Phi) is 3.33. The minimum atomic E-state index is 0.0860. The van der Waals surface area contributed by atoms with Gasteiger partial charge in [0.2, 0.25) is 5.91 Å². The molecule has 96 valence electrons.